The monoisotopic (exact) mass is 638 g/mol. The number of halogens is 6. The Labute approximate surface area is 255 Å². The van der Waals surface area contributed by atoms with Gasteiger partial charge in [-0.2, -0.15) is 23.2 Å². The number of nitrogens with two attached hydrogens (primary N) is 1. The molecule has 0 radical (unpaired) electrons. The molecule has 44 heavy (non-hydrogen) atoms. The molecule has 4 saturated heterocycles. The lowest BCUT2D eigenvalue weighted by Gasteiger charge is -2.41. The van der Waals surface area contributed by atoms with Crippen molar-refractivity contribution in [3.63, 3.8) is 0 Å². The van der Waals surface area contributed by atoms with Gasteiger partial charge in [0.05, 0.1) is 28.4 Å². The van der Waals surface area contributed by atoms with Gasteiger partial charge >= 0.3 is 12.2 Å². The Balaban J connectivity index is 1.23. The fourth-order valence-electron chi connectivity index (χ4n) is 8.25. The number of fused-ring (bicyclic) bond motifs is 3. The number of ether oxygens (including phenoxy) is 2. The number of amidine groups is 2. The van der Waals surface area contributed by atoms with Crippen molar-refractivity contribution in [1.82, 2.24) is 9.80 Å². The molecule has 0 aromatic heterocycles. The summed E-state index contributed by atoms with van der Waals surface area (Å²) in [5.41, 5.74) is 2.93. The molecule has 236 valence electrons. The van der Waals surface area contributed by atoms with Crippen LogP contribution in [0.4, 0.5) is 27.6 Å². The van der Waals surface area contributed by atoms with Crippen molar-refractivity contribution >= 4 is 34.9 Å². The van der Waals surface area contributed by atoms with E-state index in [1.54, 1.807) is 0 Å². The molecule has 1 aliphatic carbocycles. The molecule has 6 heterocycles. The van der Waals surface area contributed by atoms with Crippen molar-refractivity contribution in [1.29, 1.82) is 0 Å². The van der Waals surface area contributed by atoms with Gasteiger partial charge in [0.1, 0.15) is 30.2 Å². The van der Waals surface area contributed by atoms with Crippen molar-refractivity contribution < 1.29 is 31.4 Å². The van der Waals surface area contributed by atoms with E-state index in [2.05, 4.69) is 19.8 Å². The standard InChI is InChI=1S/C30H32ClF5N6O2/c31-19-9-16(37)8-18(21(19)30(34,35)36)23-22(33)24-20-25(42-13-28(4-5-28)11-17(42)2-7-43-26(20)38-23)40-27(39-24)44-14-29-3-1-6-41(29)12-15(32)10-29/h8-9,15,17,20,26H,1-7,10-14,37H2/t15-,17+,20?,26?,29+/m1/s1. The summed E-state index contributed by atoms with van der Waals surface area (Å²) in [5, 5.41) is -0.662. The molecular weight excluding hydrogens is 607 g/mol. The second kappa shape index (κ2) is 9.86. The van der Waals surface area contributed by atoms with Gasteiger partial charge in [-0.15, -0.1) is 0 Å². The zero-order valence-electron chi connectivity index (χ0n) is 23.8. The molecule has 1 aromatic carbocycles. The van der Waals surface area contributed by atoms with Crippen molar-refractivity contribution in [3.05, 3.63) is 39.8 Å². The molecule has 8 nitrogen and oxygen atoms in total. The van der Waals surface area contributed by atoms with Gasteiger partial charge in [-0.1, -0.05) is 11.6 Å². The number of dihydropyridines is 1. The van der Waals surface area contributed by atoms with Crippen LogP contribution < -0.4 is 5.73 Å². The molecule has 14 heteroatoms. The fraction of sp³-hybridized carbons (Fsp3) is 0.633. The lowest BCUT2D eigenvalue weighted by Crippen LogP contribution is -2.51. The summed E-state index contributed by atoms with van der Waals surface area (Å²) in [6.45, 7) is 2.26. The zero-order valence-corrected chi connectivity index (χ0v) is 24.6. The minimum atomic E-state index is -4.91. The van der Waals surface area contributed by atoms with E-state index in [1.807, 2.05) is 0 Å². The molecule has 1 spiro atoms. The molecule has 5 fully saturated rings. The quantitative estimate of drug-likeness (QED) is 0.349. The minimum Gasteiger partial charge on any atom is -0.461 e. The van der Waals surface area contributed by atoms with E-state index in [0.29, 0.717) is 25.2 Å². The average Bonchev–Trinajstić information content (AvgIpc) is 3.27. The van der Waals surface area contributed by atoms with E-state index >= 15 is 4.39 Å². The lowest BCUT2D eigenvalue weighted by atomic mass is 9.90. The SMILES string of the molecule is Nc1cc(Cl)c(C(F)(F)F)c(C2=NC3OCC[C@H]4CC5(CC5)CN4C4=NC(OC[C@@]56CCCN5C[C@H](F)C6)=NC(=C2F)C43)c1. The highest BCUT2D eigenvalue weighted by Gasteiger charge is 2.56. The lowest BCUT2D eigenvalue weighted by molar-refractivity contribution is -0.137. The third kappa shape index (κ3) is 4.55. The van der Waals surface area contributed by atoms with Crippen molar-refractivity contribution in [3.8, 4) is 0 Å². The normalized spacial score (nSPS) is 34.1. The number of allylic oxidation sites excluding steroid dienone is 1. The highest BCUT2D eigenvalue weighted by molar-refractivity contribution is 6.32. The first-order chi connectivity index (χ1) is 21.0. The molecule has 6 aliphatic heterocycles. The van der Waals surface area contributed by atoms with Crippen LogP contribution in [-0.2, 0) is 15.7 Å². The third-order valence-electron chi connectivity index (χ3n) is 10.5. The van der Waals surface area contributed by atoms with Crippen LogP contribution in [0.15, 0.2) is 38.6 Å². The van der Waals surface area contributed by atoms with Crippen LogP contribution in [0.5, 0.6) is 0 Å². The number of rotatable bonds is 3. The Kier molecular flexibility index (Phi) is 6.43. The van der Waals surface area contributed by atoms with Gasteiger partial charge in [-0.05, 0) is 62.6 Å². The van der Waals surface area contributed by atoms with Crippen LogP contribution in [-0.4, -0.2) is 84.2 Å². The number of alkyl halides is 4. The zero-order chi connectivity index (χ0) is 30.6. The van der Waals surface area contributed by atoms with E-state index < -0.39 is 57.7 Å². The van der Waals surface area contributed by atoms with Crippen molar-refractivity contribution in [2.45, 2.75) is 75.1 Å². The van der Waals surface area contributed by atoms with Gasteiger partial charge in [0.25, 0.3) is 0 Å². The smallest absolute Gasteiger partial charge is 0.418 e. The Morgan fingerprint density at radius 3 is 2.75 bits per heavy atom. The predicted molar refractivity (Wildman–Crippen MR) is 154 cm³/mol. The predicted octanol–water partition coefficient (Wildman–Crippen LogP) is 5.50. The number of benzene rings is 1. The highest BCUT2D eigenvalue weighted by atomic mass is 35.5. The van der Waals surface area contributed by atoms with Gasteiger partial charge in [-0.3, -0.25) is 4.90 Å². The Morgan fingerprint density at radius 2 is 1.98 bits per heavy atom. The maximum Gasteiger partial charge on any atom is 0.418 e. The Bertz CT molecular complexity index is 1540. The third-order valence-corrected chi connectivity index (χ3v) is 10.8. The van der Waals surface area contributed by atoms with Gasteiger partial charge in [-0.25, -0.2) is 13.8 Å². The van der Waals surface area contributed by atoms with Gasteiger partial charge in [0, 0.05) is 36.8 Å². The van der Waals surface area contributed by atoms with Gasteiger partial charge < -0.3 is 20.1 Å². The average molecular weight is 639 g/mol. The first kappa shape index (κ1) is 28.7. The Morgan fingerprint density at radius 1 is 1.16 bits per heavy atom. The van der Waals surface area contributed by atoms with Gasteiger partial charge in [0.15, 0.2) is 12.1 Å². The van der Waals surface area contributed by atoms with E-state index in [4.69, 9.17) is 31.8 Å². The first-order valence-electron chi connectivity index (χ1n) is 15.2. The van der Waals surface area contributed by atoms with Crippen molar-refractivity contribution in [2.75, 3.05) is 38.6 Å². The van der Waals surface area contributed by atoms with Crippen LogP contribution in [0.1, 0.15) is 56.1 Å². The van der Waals surface area contributed by atoms with E-state index in [9.17, 15) is 17.6 Å². The number of aliphatic imine (C=N–C) groups is 3. The van der Waals surface area contributed by atoms with Crippen LogP contribution in [0.25, 0.3) is 0 Å². The maximum atomic E-state index is 16.7. The molecule has 0 bridgehead atoms. The molecule has 7 aliphatic rings. The number of anilines is 1. The maximum absolute atomic E-state index is 16.7. The molecule has 1 saturated carbocycles. The van der Waals surface area contributed by atoms with Crippen LogP contribution in [0.2, 0.25) is 5.02 Å². The first-order valence-corrected chi connectivity index (χ1v) is 15.6. The van der Waals surface area contributed by atoms with Gasteiger partial charge in [0.2, 0.25) is 0 Å². The van der Waals surface area contributed by atoms with Crippen molar-refractivity contribution in [2.24, 2.45) is 26.3 Å². The van der Waals surface area contributed by atoms with E-state index in [-0.39, 0.29) is 42.1 Å². The van der Waals surface area contributed by atoms with E-state index in [1.165, 1.54) is 0 Å². The molecule has 1 aromatic rings. The van der Waals surface area contributed by atoms with E-state index in [0.717, 1.165) is 57.3 Å². The summed E-state index contributed by atoms with van der Waals surface area (Å²) < 4.78 is 86.2. The summed E-state index contributed by atoms with van der Waals surface area (Å²) in [4.78, 5) is 18.0. The second-order valence-electron chi connectivity index (χ2n) is 13.3. The number of hydrogen-bond donors (Lipinski definition) is 1. The van der Waals surface area contributed by atoms with Crippen LogP contribution >= 0.6 is 11.6 Å². The summed E-state index contributed by atoms with van der Waals surface area (Å²) >= 11 is 6.02. The fourth-order valence-corrected chi connectivity index (χ4v) is 8.58. The molecular formula is C30H32ClF5N6O2. The summed E-state index contributed by atoms with van der Waals surface area (Å²) in [6.07, 6.45) is -1.13. The highest BCUT2D eigenvalue weighted by Crippen LogP contribution is 2.56. The summed E-state index contributed by atoms with van der Waals surface area (Å²) in [7, 11) is 0. The molecule has 0 amide bonds. The summed E-state index contributed by atoms with van der Waals surface area (Å²) in [6, 6.07) is 2.01. The largest absolute Gasteiger partial charge is 0.461 e. The molecule has 2 unspecified atom stereocenters. The summed E-state index contributed by atoms with van der Waals surface area (Å²) in [5.74, 6) is -1.42. The topological polar surface area (TPSA) is 88.0 Å². The number of nitrogen functional groups attached to an aromatic ring is 1. The molecule has 2 N–H and O–H groups in total. The van der Waals surface area contributed by atoms with Crippen LogP contribution in [0, 0.1) is 11.3 Å². The Hall–Kier alpha value is -2.77. The number of hydrogen-bond acceptors (Lipinski definition) is 8. The minimum absolute atomic E-state index is 0.0737. The molecule has 8 rings (SSSR count). The number of nitrogens with zero attached hydrogens (tertiary/aromatic N) is 5. The molecule has 5 atom stereocenters. The van der Waals surface area contributed by atoms with Crippen LogP contribution in [0.3, 0.4) is 0 Å². The second-order valence-corrected chi connectivity index (χ2v) is 13.7.